The number of phenolic OH excluding ortho intramolecular Hbond substituents is 1. The largest absolute Gasteiger partial charge is 0.508 e. The molecule has 4 aromatic carbocycles. The van der Waals surface area contributed by atoms with Gasteiger partial charge in [0.15, 0.2) is 0 Å². The number of benzene rings is 4. The Hall–Kier alpha value is -4.62. The number of aryl methyl sites for hydroxylation is 2. The second-order valence-electron chi connectivity index (χ2n) is 10.7. The van der Waals surface area contributed by atoms with E-state index in [1.54, 1.807) is 12.1 Å². The Balaban J connectivity index is 1.43. The predicted molar refractivity (Wildman–Crippen MR) is 163 cm³/mol. The van der Waals surface area contributed by atoms with Crippen molar-refractivity contribution in [3.8, 4) is 5.75 Å². The van der Waals surface area contributed by atoms with Gasteiger partial charge >= 0.3 is 0 Å². The summed E-state index contributed by atoms with van der Waals surface area (Å²) in [5, 5.41) is 19.5. The van der Waals surface area contributed by atoms with Crippen molar-refractivity contribution < 1.29 is 14.7 Å². The van der Waals surface area contributed by atoms with Crippen LogP contribution in [-0.4, -0.2) is 29.5 Å². The van der Waals surface area contributed by atoms with E-state index in [0.717, 1.165) is 39.1 Å². The Kier molecular flexibility index (Phi) is 8.36. The molecule has 41 heavy (non-hydrogen) atoms. The Morgan fingerprint density at radius 3 is 2.29 bits per heavy atom. The van der Waals surface area contributed by atoms with Crippen LogP contribution in [0.1, 0.15) is 56.2 Å². The van der Waals surface area contributed by atoms with Gasteiger partial charge in [0.2, 0.25) is 5.91 Å². The summed E-state index contributed by atoms with van der Waals surface area (Å²) in [5.74, 6) is -0.262. The fraction of sp³-hybridized carbons (Fsp3) is 0.235. The minimum Gasteiger partial charge on any atom is -0.508 e. The summed E-state index contributed by atoms with van der Waals surface area (Å²) < 4.78 is 0. The fourth-order valence-electron chi connectivity index (χ4n) is 5.56. The highest BCUT2D eigenvalue weighted by molar-refractivity contribution is 6.09. The van der Waals surface area contributed by atoms with Crippen LogP contribution < -0.4 is 21.7 Å². The summed E-state index contributed by atoms with van der Waals surface area (Å²) in [7, 11) is 0. The lowest BCUT2D eigenvalue weighted by Crippen LogP contribution is -2.45. The number of carbonyl (C=O) groups excluding carboxylic acids is 2. The Morgan fingerprint density at radius 2 is 1.61 bits per heavy atom. The molecule has 1 aliphatic heterocycles. The first kappa shape index (κ1) is 27.9. The number of nitrogens with two attached hydrogens (primary N) is 1. The van der Waals surface area contributed by atoms with Gasteiger partial charge in [-0.2, -0.15) is 0 Å². The van der Waals surface area contributed by atoms with Crippen LogP contribution in [0.5, 0.6) is 5.75 Å². The Labute approximate surface area is 240 Å². The van der Waals surface area contributed by atoms with Crippen molar-refractivity contribution >= 4 is 23.2 Å². The molecule has 0 fully saturated rings. The van der Waals surface area contributed by atoms with E-state index in [4.69, 9.17) is 5.73 Å². The zero-order valence-electron chi connectivity index (χ0n) is 23.4. The number of anilines is 2. The van der Waals surface area contributed by atoms with Crippen LogP contribution in [0.3, 0.4) is 0 Å². The average molecular weight is 549 g/mol. The molecule has 7 nitrogen and oxygen atoms in total. The summed E-state index contributed by atoms with van der Waals surface area (Å²) in [6, 6.07) is 25.8. The van der Waals surface area contributed by atoms with Crippen molar-refractivity contribution in [2.75, 3.05) is 17.2 Å². The van der Waals surface area contributed by atoms with E-state index in [9.17, 15) is 14.7 Å². The van der Waals surface area contributed by atoms with E-state index >= 15 is 0 Å². The first-order chi connectivity index (χ1) is 19.8. The van der Waals surface area contributed by atoms with Crippen LogP contribution in [0.15, 0.2) is 84.9 Å². The number of hydrogen-bond donors (Lipinski definition) is 5. The highest BCUT2D eigenvalue weighted by Crippen LogP contribution is 2.35. The molecule has 2 atom stereocenters. The molecule has 0 aromatic heterocycles. The molecule has 7 heteroatoms. The van der Waals surface area contributed by atoms with Crippen molar-refractivity contribution in [2.45, 2.75) is 45.2 Å². The molecular formula is C34H36N4O3. The topological polar surface area (TPSA) is 116 Å². The lowest BCUT2D eigenvalue weighted by Gasteiger charge is -2.31. The number of para-hydroxylation sites is 1. The molecule has 1 aliphatic rings. The normalized spacial score (nSPS) is 14.9. The van der Waals surface area contributed by atoms with Gasteiger partial charge in [0.1, 0.15) is 5.75 Å². The average Bonchev–Trinajstić information content (AvgIpc) is 2.95. The molecular weight excluding hydrogens is 512 g/mol. The first-order valence-electron chi connectivity index (χ1n) is 13.9. The third kappa shape index (κ3) is 6.58. The molecule has 4 aromatic rings. The number of fused-ring (bicyclic) bond motifs is 1. The first-order valence-corrected chi connectivity index (χ1v) is 13.9. The van der Waals surface area contributed by atoms with E-state index in [1.165, 1.54) is 0 Å². The molecule has 2 amide bonds. The monoisotopic (exact) mass is 548 g/mol. The maximum atomic E-state index is 13.5. The molecule has 210 valence electrons. The molecule has 0 bridgehead atoms. The molecule has 0 radical (unpaired) electrons. The zero-order valence-corrected chi connectivity index (χ0v) is 23.4. The quantitative estimate of drug-likeness (QED) is 0.202. The lowest BCUT2D eigenvalue weighted by molar-refractivity contribution is -0.123. The van der Waals surface area contributed by atoms with Gasteiger partial charge in [-0.15, -0.1) is 0 Å². The minimum atomic E-state index is -0.761. The molecule has 0 saturated heterocycles. The Bertz CT molecular complexity index is 1530. The van der Waals surface area contributed by atoms with Crippen molar-refractivity contribution in [1.82, 2.24) is 5.32 Å². The van der Waals surface area contributed by atoms with E-state index in [-0.39, 0.29) is 23.6 Å². The molecule has 1 heterocycles. The molecule has 5 rings (SSSR count). The van der Waals surface area contributed by atoms with E-state index in [0.29, 0.717) is 37.1 Å². The van der Waals surface area contributed by atoms with Gasteiger partial charge in [-0.25, -0.2) is 0 Å². The van der Waals surface area contributed by atoms with Gasteiger partial charge in [-0.3, -0.25) is 9.59 Å². The maximum absolute atomic E-state index is 13.5. The standard InChI is InChI=1S/C34H36N4O3/c1-21-15-26(39)16-22(2)27(21)20-30(35)34(41)38-31-13-14-36-32-28(31)18-24(17-23-9-5-3-6-10-23)19-29(32)33(40)37-25-11-7-4-8-12-25/h3-12,15-16,18-19,30-31,36,39H,13-14,17,20,35H2,1-2H3,(H,37,40)(H,38,41)/t30-,31+/m0/s1. The van der Waals surface area contributed by atoms with Gasteiger partial charge < -0.3 is 26.8 Å². The number of hydrogen-bond acceptors (Lipinski definition) is 5. The Morgan fingerprint density at radius 1 is 0.951 bits per heavy atom. The number of phenols is 1. The van der Waals surface area contributed by atoms with Crippen LogP contribution in [0.4, 0.5) is 11.4 Å². The van der Waals surface area contributed by atoms with Gasteiger partial charge in [0.05, 0.1) is 23.3 Å². The zero-order chi connectivity index (χ0) is 28.9. The third-order valence-electron chi connectivity index (χ3n) is 7.62. The van der Waals surface area contributed by atoms with Gasteiger partial charge in [0, 0.05) is 12.2 Å². The van der Waals surface area contributed by atoms with E-state index in [1.807, 2.05) is 68.4 Å². The summed E-state index contributed by atoms with van der Waals surface area (Å²) in [4.78, 5) is 26.9. The smallest absolute Gasteiger partial charge is 0.257 e. The molecule has 0 spiro atoms. The van der Waals surface area contributed by atoms with Gasteiger partial charge in [0.25, 0.3) is 5.91 Å². The van der Waals surface area contributed by atoms with Crippen molar-refractivity contribution in [3.05, 3.63) is 124 Å². The van der Waals surface area contributed by atoms with Gasteiger partial charge in [-0.05, 0) is 96.8 Å². The molecule has 0 saturated carbocycles. The van der Waals surface area contributed by atoms with Crippen LogP contribution in [-0.2, 0) is 17.6 Å². The highest BCUT2D eigenvalue weighted by atomic mass is 16.3. The lowest BCUT2D eigenvalue weighted by atomic mass is 9.89. The van der Waals surface area contributed by atoms with Crippen LogP contribution in [0.25, 0.3) is 0 Å². The van der Waals surface area contributed by atoms with Gasteiger partial charge in [-0.1, -0.05) is 54.6 Å². The van der Waals surface area contributed by atoms with Crippen molar-refractivity contribution in [1.29, 1.82) is 0 Å². The minimum absolute atomic E-state index is 0.200. The molecule has 0 aliphatic carbocycles. The van der Waals surface area contributed by atoms with E-state index in [2.05, 4.69) is 34.1 Å². The second kappa shape index (κ2) is 12.3. The SMILES string of the molecule is Cc1cc(O)cc(C)c1C[C@H](N)C(=O)N[C@@H]1CCNc2c(C(=O)Nc3ccccc3)cc(Cc3ccccc3)cc21. The number of nitrogens with one attached hydrogen (secondary N) is 3. The van der Waals surface area contributed by atoms with Crippen molar-refractivity contribution in [3.63, 3.8) is 0 Å². The number of amides is 2. The number of carbonyl (C=O) groups is 2. The van der Waals surface area contributed by atoms with Crippen LogP contribution in [0.2, 0.25) is 0 Å². The summed E-state index contributed by atoms with van der Waals surface area (Å²) >= 11 is 0. The second-order valence-corrected chi connectivity index (χ2v) is 10.7. The summed E-state index contributed by atoms with van der Waals surface area (Å²) in [6.07, 6.45) is 1.68. The maximum Gasteiger partial charge on any atom is 0.257 e. The summed E-state index contributed by atoms with van der Waals surface area (Å²) in [5.41, 5.74) is 14.1. The number of aromatic hydroxyl groups is 1. The van der Waals surface area contributed by atoms with Crippen LogP contribution in [0, 0.1) is 13.8 Å². The van der Waals surface area contributed by atoms with E-state index < -0.39 is 6.04 Å². The highest BCUT2D eigenvalue weighted by Gasteiger charge is 2.28. The fourth-order valence-corrected chi connectivity index (χ4v) is 5.56. The van der Waals surface area contributed by atoms with Crippen LogP contribution >= 0.6 is 0 Å². The molecule has 6 N–H and O–H groups in total. The van der Waals surface area contributed by atoms with Crippen molar-refractivity contribution in [2.24, 2.45) is 5.73 Å². The third-order valence-corrected chi connectivity index (χ3v) is 7.62. The number of rotatable bonds is 8. The predicted octanol–water partition coefficient (Wildman–Crippen LogP) is 5.40. The summed E-state index contributed by atoms with van der Waals surface area (Å²) in [6.45, 7) is 4.42. The molecule has 0 unspecified atom stereocenters.